The summed E-state index contributed by atoms with van der Waals surface area (Å²) in [6, 6.07) is 15.5. The van der Waals surface area contributed by atoms with Gasteiger partial charge in [0.05, 0.1) is 5.75 Å². The Labute approximate surface area is 200 Å². The molecule has 150 valence electrons. The lowest BCUT2D eigenvalue weighted by Crippen LogP contribution is -2.23. The van der Waals surface area contributed by atoms with E-state index in [1.807, 2.05) is 53.1 Å². The molecular formula is C20H18I2N4O2S. The number of benzene rings is 2. The van der Waals surface area contributed by atoms with E-state index in [4.69, 9.17) is 0 Å². The van der Waals surface area contributed by atoms with Crippen LogP contribution >= 0.6 is 56.9 Å². The standard InChI is InChI=1S/C20H18I2N4O2S/c1-13(27)23-11-10-19-24-25-20(26(19)17-8-6-16(22)7-9-17)29-12-18(28)14-2-4-15(21)5-3-14/h2-9H,10-12H2,1H3,(H,23,27). The van der Waals surface area contributed by atoms with Crippen molar-refractivity contribution in [3.63, 3.8) is 0 Å². The number of ketones is 1. The minimum Gasteiger partial charge on any atom is -0.356 e. The number of nitrogens with one attached hydrogen (secondary N) is 1. The minimum absolute atomic E-state index is 0.0448. The molecular weight excluding hydrogens is 614 g/mol. The number of carbonyl (C=O) groups is 2. The molecule has 0 bridgehead atoms. The Morgan fingerprint density at radius 2 is 1.62 bits per heavy atom. The van der Waals surface area contributed by atoms with Crippen LogP contribution in [0.2, 0.25) is 0 Å². The zero-order valence-electron chi connectivity index (χ0n) is 15.6. The molecule has 3 aromatic rings. The van der Waals surface area contributed by atoms with Crippen LogP contribution in [-0.4, -0.2) is 38.8 Å². The van der Waals surface area contributed by atoms with Crippen LogP contribution in [-0.2, 0) is 11.2 Å². The number of nitrogens with zero attached hydrogens (tertiary/aromatic N) is 3. The van der Waals surface area contributed by atoms with Gasteiger partial charge in [0.2, 0.25) is 5.91 Å². The van der Waals surface area contributed by atoms with Crippen molar-refractivity contribution in [1.29, 1.82) is 0 Å². The molecule has 0 aliphatic carbocycles. The fourth-order valence-electron chi connectivity index (χ4n) is 2.60. The van der Waals surface area contributed by atoms with Crippen molar-refractivity contribution in [1.82, 2.24) is 20.1 Å². The molecule has 1 aromatic heterocycles. The normalized spacial score (nSPS) is 10.7. The molecule has 1 heterocycles. The molecule has 0 saturated heterocycles. The van der Waals surface area contributed by atoms with E-state index >= 15 is 0 Å². The molecule has 0 unspecified atom stereocenters. The molecule has 1 N–H and O–H groups in total. The SMILES string of the molecule is CC(=O)NCCc1nnc(SCC(=O)c2ccc(I)cc2)n1-c1ccc(I)cc1. The Morgan fingerprint density at radius 1 is 1.00 bits per heavy atom. The summed E-state index contributed by atoms with van der Waals surface area (Å²) in [5.41, 5.74) is 1.61. The number of hydrogen-bond acceptors (Lipinski definition) is 5. The first-order valence-electron chi connectivity index (χ1n) is 8.80. The van der Waals surface area contributed by atoms with Gasteiger partial charge in [-0.05, 0) is 81.6 Å². The van der Waals surface area contributed by atoms with Gasteiger partial charge in [-0.15, -0.1) is 10.2 Å². The van der Waals surface area contributed by atoms with E-state index in [0.717, 1.165) is 18.7 Å². The number of aromatic nitrogens is 3. The molecule has 6 nitrogen and oxygen atoms in total. The van der Waals surface area contributed by atoms with Crippen molar-refractivity contribution in [2.45, 2.75) is 18.5 Å². The van der Waals surface area contributed by atoms with Crippen molar-refractivity contribution in [2.24, 2.45) is 0 Å². The summed E-state index contributed by atoms with van der Waals surface area (Å²) in [4.78, 5) is 23.7. The van der Waals surface area contributed by atoms with Crippen LogP contribution in [0.4, 0.5) is 0 Å². The quantitative estimate of drug-likeness (QED) is 0.230. The molecule has 0 atom stereocenters. The first-order valence-corrected chi connectivity index (χ1v) is 11.9. The maximum atomic E-state index is 12.5. The third kappa shape index (κ3) is 6.25. The van der Waals surface area contributed by atoms with E-state index in [9.17, 15) is 9.59 Å². The summed E-state index contributed by atoms with van der Waals surface area (Å²) in [7, 11) is 0. The smallest absolute Gasteiger partial charge is 0.216 e. The molecule has 3 rings (SSSR count). The summed E-state index contributed by atoms with van der Waals surface area (Å²) in [5, 5.41) is 12.0. The first-order chi connectivity index (χ1) is 13.9. The predicted octanol–water partition coefficient (Wildman–Crippen LogP) is 4.13. The van der Waals surface area contributed by atoms with Crippen molar-refractivity contribution < 1.29 is 9.59 Å². The third-order valence-corrected chi connectivity index (χ3v) is 6.37. The topological polar surface area (TPSA) is 76.9 Å². The Bertz CT molecular complexity index is 1000. The Balaban J connectivity index is 1.80. The van der Waals surface area contributed by atoms with Gasteiger partial charge in [-0.1, -0.05) is 23.9 Å². The molecule has 29 heavy (non-hydrogen) atoms. The van der Waals surface area contributed by atoms with E-state index in [0.29, 0.717) is 23.7 Å². The Kier molecular flexibility index (Phi) is 8.07. The lowest BCUT2D eigenvalue weighted by atomic mass is 10.2. The lowest BCUT2D eigenvalue weighted by molar-refractivity contribution is -0.118. The average Bonchev–Trinajstić information content (AvgIpc) is 3.10. The summed E-state index contributed by atoms with van der Waals surface area (Å²) in [5.74, 6) is 0.977. The fraction of sp³-hybridized carbons (Fsp3) is 0.200. The van der Waals surface area contributed by atoms with Crippen molar-refractivity contribution in [3.8, 4) is 5.69 Å². The zero-order valence-corrected chi connectivity index (χ0v) is 20.7. The lowest BCUT2D eigenvalue weighted by Gasteiger charge is -2.10. The van der Waals surface area contributed by atoms with Crippen LogP contribution < -0.4 is 5.32 Å². The van der Waals surface area contributed by atoms with Crippen LogP contribution in [0.25, 0.3) is 5.69 Å². The number of halogens is 2. The van der Waals surface area contributed by atoms with Crippen LogP contribution in [0, 0.1) is 7.14 Å². The molecule has 0 aliphatic rings. The van der Waals surface area contributed by atoms with Crippen molar-refractivity contribution >= 4 is 68.6 Å². The Morgan fingerprint density at radius 3 is 2.24 bits per heavy atom. The summed E-state index contributed by atoms with van der Waals surface area (Å²) in [6.07, 6.45) is 0.546. The van der Waals surface area contributed by atoms with Gasteiger partial charge in [0.15, 0.2) is 10.9 Å². The molecule has 1 amide bonds. The van der Waals surface area contributed by atoms with Crippen molar-refractivity contribution in [2.75, 3.05) is 12.3 Å². The molecule has 9 heteroatoms. The molecule has 0 radical (unpaired) electrons. The third-order valence-electron chi connectivity index (χ3n) is 4.01. The van der Waals surface area contributed by atoms with Gasteiger partial charge in [0.25, 0.3) is 0 Å². The maximum absolute atomic E-state index is 12.5. The maximum Gasteiger partial charge on any atom is 0.216 e. The second-order valence-corrected chi connectivity index (χ2v) is 9.60. The van der Waals surface area contributed by atoms with Gasteiger partial charge in [-0.3, -0.25) is 14.2 Å². The highest BCUT2D eigenvalue weighted by molar-refractivity contribution is 14.1. The van der Waals surface area contributed by atoms with E-state index in [1.54, 1.807) is 0 Å². The number of amides is 1. The highest BCUT2D eigenvalue weighted by atomic mass is 127. The summed E-state index contributed by atoms with van der Waals surface area (Å²) >= 11 is 5.84. The van der Waals surface area contributed by atoms with Crippen LogP contribution in [0.1, 0.15) is 23.1 Å². The monoisotopic (exact) mass is 632 g/mol. The fourth-order valence-corrected chi connectivity index (χ4v) is 4.19. The van der Waals surface area contributed by atoms with Gasteiger partial charge in [-0.25, -0.2) is 0 Å². The van der Waals surface area contributed by atoms with E-state index < -0.39 is 0 Å². The Hall–Kier alpha value is -1.47. The van der Waals surface area contributed by atoms with Gasteiger partial charge >= 0.3 is 0 Å². The minimum atomic E-state index is -0.0805. The van der Waals surface area contributed by atoms with Crippen LogP contribution in [0.15, 0.2) is 53.7 Å². The highest BCUT2D eigenvalue weighted by Gasteiger charge is 2.16. The average molecular weight is 632 g/mol. The number of rotatable bonds is 8. The second-order valence-electron chi connectivity index (χ2n) is 6.16. The first kappa shape index (κ1) is 22.2. The zero-order chi connectivity index (χ0) is 20.8. The number of thioether (sulfide) groups is 1. The molecule has 0 saturated carbocycles. The summed E-state index contributed by atoms with van der Waals surface area (Å²) in [6.45, 7) is 1.96. The van der Waals surface area contributed by atoms with E-state index in [1.165, 1.54) is 18.7 Å². The van der Waals surface area contributed by atoms with Gasteiger partial charge in [-0.2, -0.15) is 0 Å². The molecule has 0 fully saturated rings. The van der Waals surface area contributed by atoms with Crippen molar-refractivity contribution in [3.05, 3.63) is 67.1 Å². The van der Waals surface area contributed by atoms with Gasteiger partial charge in [0, 0.05) is 38.3 Å². The largest absolute Gasteiger partial charge is 0.356 e. The number of hydrogen-bond donors (Lipinski definition) is 1. The van der Waals surface area contributed by atoms with Crippen LogP contribution in [0.5, 0.6) is 0 Å². The number of carbonyl (C=O) groups excluding carboxylic acids is 2. The van der Waals surface area contributed by atoms with E-state index in [-0.39, 0.29) is 17.4 Å². The van der Waals surface area contributed by atoms with Gasteiger partial charge in [0.1, 0.15) is 5.82 Å². The van der Waals surface area contributed by atoms with Gasteiger partial charge < -0.3 is 5.32 Å². The number of Topliss-reactive ketones (excluding diaryl/α,β-unsaturated/α-hetero) is 1. The van der Waals surface area contributed by atoms with E-state index in [2.05, 4.69) is 60.7 Å². The van der Waals surface area contributed by atoms with Crippen LogP contribution in [0.3, 0.4) is 0 Å². The predicted molar refractivity (Wildman–Crippen MR) is 131 cm³/mol. The summed E-state index contributed by atoms with van der Waals surface area (Å²) < 4.78 is 4.17. The molecule has 0 aliphatic heterocycles. The second kappa shape index (κ2) is 10.5. The highest BCUT2D eigenvalue weighted by Crippen LogP contribution is 2.24. The molecule has 0 spiro atoms. The molecule has 2 aromatic carbocycles.